The molecule has 136 valence electrons. The predicted octanol–water partition coefficient (Wildman–Crippen LogP) is 1.17. The van der Waals surface area contributed by atoms with Crippen LogP contribution in [0.5, 0.6) is 0 Å². The first-order valence-corrected chi connectivity index (χ1v) is 8.40. The summed E-state index contributed by atoms with van der Waals surface area (Å²) >= 11 is 0. The highest BCUT2D eigenvalue weighted by Gasteiger charge is 2.27. The molecule has 1 aliphatic carbocycles. The number of ketones is 2. The van der Waals surface area contributed by atoms with Crippen LogP contribution in [0.1, 0.15) is 45.7 Å². The van der Waals surface area contributed by atoms with E-state index in [1.54, 1.807) is 39.1 Å². The van der Waals surface area contributed by atoms with Crippen molar-refractivity contribution in [2.75, 3.05) is 0 Å². The molecule has 0 aliphatic heterocycles. The second kappa shape index (κ2) is 10.3. The summed E-state index contributed by atoms with van der Waals surface area (Å²) in [6.07, 6.45) is 3.92. The molecule has 0 atom stereocenters. The van der Waals surface area contributed by atoms with Crippen LogP contribution in [0.3, 0.4) is 0 Å². The topological polar surface area (TPSA) is 105 Å². The molecule has 1 fully saturated rings. The Morgan fingerprint density at radius 3 is 2.32 bits per heavy atom. The minimum atomic E-state index is -0.543. The van der Waals surface area contributed by atoms with Crippen molar-refractivity contribution >= 4 is 23.4 Å². The lowest BCUT2D eigenvalue weighted by atomic mass is 10.1. The van der Waals surface area contributed by atoms with Gasteiger partial charge in [-0.1, -0.05) is 26.8 Å². The highest BCUT2D eigenvalue weighted by Crippen LogP contribution is 2.18. The van der Waals surface area contributed by atoms with Gasteiger partial charge in [0.1, 0.15) is 0 Å². The van der Waals surface area contributed by atoms with Crippen molar-refractivity contribution in [3.8, 4) is 0 Å². The second-order valence-corrected chi connectivity index (χ2v) is 6.05. The number of carbonyl (C=O) groups excluding carboxylic acids is 4. The molecule has 7 nitrogen and oxygen atoms in total. The summed E-state index contributed by atoms with van der Waals surface area (Å²) in [5.41, 5.74) is 0.741. The number of aromatic nitrogens is 1. The first kappa shape index (κ1) is 20.5. The maximum absolute atomic E-state index is 11.1. The zero-order valence-electron chi connectivity index (χ0n) is 14.9. The lowest BCUT2D eigenvalue weighted by Crippen LogP contribution is -2.35. The van der Waals surface area contributed by atoms with Gasteiger partial charge >= 0.3 is 0 Å². The summed E-state index contributed by atoms with van der Waals surface area (Å²) in [4.78, 5) is 47.9. The molecule has 2 rings (SSSR count). The van der Waals surface area contributed by atoms with E-state index in [-0.39, 0.29) is 24.2 Å². The first-order chi connectivity index (χ1) is 11.8. The van der Waals surface area contributed by atoms with E-state index in [4.69, 9.17) is 0 Å². The van der Waals surface area contributed by atoms with Crippen LogP contribution >= 0.6 is 0 Å². The number of rotatable bonds is 7. The molecule has 2 N–H and O–H groups in total. The van der Waals surface area contributed by atoms with Gasteiger partial charge in [-0.05, 0) is 25.0 Å². The molecule has 1 aromatic heterocycles. The van der Waals surface area contributed by atoms with Gasteiger partial charge in [0.15, 0.2) is 0 Å². The van der Waals surface area contributed by atoms with Gasteiger partial charge in [0.25, 0.3) is 11.8 Å². The number of hydrogen-bond donors (Lipinski definition) is 2. The fourth-order valence-corrected chi connectivity index (χ4v) is 1.68. The molecule has 1 heterocycles. The Morgan fingerprint density at radius 2 is 1.84 bits per heavy atom. The van der Waals surface area contributed by atoms with Crippen LogP contribution in [-0.2, 0) is 25.7 Å². The van der Waals surface area contributed by atoms with Gasteiger partial charge < -0.3 is 10.6 Å². The van der Waals surface area contributed by atoms with Crippen molar-refractivity contribution in [1.29, 1.82) is 0 Å². The van der Waals surface area contributed by atoms with Crippen LogP contribution in [0.2, 0.25) is 0 Å². The number of Topliss-reactive ketones (excluding diaryl/α,β-unsaturated/α-hetero) is 2. The average Bonchev–Trinajstić information content (AvgIpc) is 3.43. The van der Waals surface area contributed by atoms with Crippen molar-refractivity contribution in [1.82, 2.24) is 15.6 Å². The van der Waals surface area contributed by atoms with Crippen molar-refractivity contribution in [2.24, 2.45) is 5.92 Å². The summed E-state index contributed by atoms with van der Waals surface area (Å²) in [6, 6.07) is 5.69. The molecule has 1 aromatic rings. The van der Waals surface area contributed by atoms with Crippen LogP contribution in [-0.4, -0.2) is 34.4 Å². The highest BCUT2D eigenvalue weighted by molar-refractivity contribution is 6.37. The first-order valence-electron chi connectivity index (χ1n) is 8.40. The number of hydrogen-bond acceptors (Lipinski definition) is 5. The van der Waals surface area contributed by atoms with Crippen molar-refractivity contribution < 1.29 is 19.2 Å². The third-order valence-electron chi connectivity index (χ3n) is 3.39. The van der Waals surface area contributed by atoms with E-state index < -0.39 is 17.6 Å². The van der Waals surface area contributed by atoms with Crippen LogP contribution in [0.4, 0.5) is 0 Å². The molecule has 7 heteroatoms. The van der Waals surface area contributed by atoms with E-state index >= 15 is 0 Å². The van der Waals surface area contributed by atoms with Crippen molar-refractivity contribution in [3.05, 3.63) is 30.1 Å². The smallest absolute Gasteiger partial charge is 0.287 e. The third kappa shape index (κ3) is 8.19. The summed E-state index contributed by atoms with van der Waals surface area (Å²) < 4.78 is 0. The Labute approximate surface area is 147 Å². The van der Waals surface area contributed by atoms with E-state index in [2.05, 4.69) is 15.6 Å². The lowest BCUT2D eigenvalue weighted by Gasteiger charge is -2.03. The van der Waals surface area contributed by atoms with E-state index in [1.807, 2.05) is 6.07 Å². The zero-order chi connectivity index (χ0) is 18.8. The van der Waals surface area contributed by atoms with Gasteiger partial charge in [0.2, 0.25) is 11.6 Å². The molecule has 1 aliphatic rings. The number of nitrogens with one attached hydrogen (secondary N) is 2. The molecular formula is C18H25N3O4. The molecule has 0 aromatic carbocycles. The van der Waals surface area contributed by atoms with E-state index in [0.717, 1.165) is 18.5 Å². The van der Waals surface area contributed by atoms with E-state index in [1.165, 1.54) is 0 Å². The average molecular weight is 347 g/mol. The SMILES string of the molecule is CC(C)C(=O)C(=O)NC1CC1.CCC(=O)C(=O)NCc1ccccn1. The molecule has 0 saturated heterocycles. The van der Waals surface area contributed by atoms with Gasteiger partial charge in [-0.2, -0.15) is 0 Å². The molecule has 0 radical (unpaired) electrons. The second-order valence-electron chi connectivity index (χ2n) is 6.05. The van der Waals surface area contributed by atoms with Crippen molar-refractivity contribution in [3.63, 3.8) is 0 Å². The molecule has 2 amide bonds. The van der Waals surface area contributed by atoms with Gasteiger partial charge in [-0.15, -0.1) is 0 Å². The van der Waals surface area contributed by atoms with Crippen molar-refractivity contribution in [2.45, 2.75) is 52.6 Å². The van der Waals surface area contributed by atoms with E-state index in [9.17, 15) is 19.2 Å². The summed E-state index contributed by atoms with van der Waals surface area (Å²) in [5, 5.41) is 5.15. The minimum Gasteiger partial charge on any atom is -0.347 e. The number of nitrogens with zero attached hydrogens (tertiary/aromatic N) is 1. The summed E-state index contributed by atoms with van der Waals surface area (Å²) in [7, 11) is 0. The van der Waals surface area contributed by atoms with Crippen LogP contribution in [0.25, 0.3) is 0 Å². The fourth-order valence-electron chi connectivity index (χ4n) is 1.68. The monoisotopic (exact) mass is 347 g/mol. The molecule has 0 bridgehead atoms. The quantitative estimate of drug-likeness (QED) is 0.720. The van der Waals surface area contributed by atoms with Gasteiger partial charge in [0, 0.05) is 24.6 Å². The normalized spacial score (nSPS) is 12.6. The number of amides is 2. The highest BCUT2D eigenvalue weighted by atomic mass is 16.2. The van der Waals surface area contributed by atoms with Crippen LogP contribution < -0.4 is 10.6 Å². The maximum Gasteiger partial charge on any atom is 0.287 e. The standard InChI is InChI=1S/C10H12N2O2.C8H13NO2/c1-2-9(13)10(14)12-7-8-5-3-4-6-11-8;1-5(2)7(10)8(11)9-6-3-4-6/h3-6H,2,7H2,1H3,(H,12,14);5-6H,3-4H2,1-2H3,(H,9,11). The van der Waals surface area contributed by atoms with E-state index in [0.29, 0.717) is 6.54 Å². The Balaban J connectivity index is 0.000000257. The molecule has 25 heavy (non-hydrogen) atoms. The summed E-state index contributed by atoms with van der Waals surface area (Å²) in [5.74, 6) is -1.85. The van der Waals surface area contributed by atoms with Gasteiger partial charge in [-0.3, -0.25) is 24.2 Å². The molecular weight excluding hydrogens is 322 g/mol. The lowest BCUT2D eigenvalue weighted by molar-refractivity contribution is -0.139. The Bertz CT molecular complexity index is 610. The fraction of sp³-hybridized carbons (Fsp3) is 0.500. The Kier molecular flexibility index (Phi) is 8.46. The van der Waals surface area contributed by atoms with Crippen LogP contribution in [0.15, 0.2) is 24.4 Å². The number of carbonyl (C=O) groups is 4. The molecule has 0 unspecified atom stereocenters. The van der Waals surface area contributed by atoms with Gasteiger partial charge in [-0.25, -0.2) is 0 Å². The molecule has 0 spiro atoms. The zero-order valence-corrected chi connectivity index (χ0v) is 14.9. The predicted molar refractivity (Wildman–Crippen MR) is 92.4 cm³/mol. The van der Waals surface area contributed by atoms with Crippen LogP contribution in [0, 0.1) is 5.92 Å². The number of pyridine rings is 1. The largest absolute Gasteiger partial charge is 0.347 e. The Hall–Kier alpha value is -2.57. The summed E-state index contributed by atoms with van der Waals surface area (Å²) in [6.45, 7) is 5.41. The molecule has 1 saturated carbocycles. The Morgan fingerprint density at radius 1 is 1.16 bits per heavy atom. The third-order valence-corrected chi connectivity index (χ3v) is 3.39. The minimum absolute atomic E-state index is 0.186. The van der Waals surface area contributed by atoms with Gasteiger partial charge in [0.05, 0.1) is 12.2 Å². The maximum atomic E-state index is 11.1.